The first kappa shape index (κ1) is 12.7. The Bertz CT molecular complexity index is 578. The first-order valence-electron chi connectivity index (χ1n) is 6.55. The van der Waals surface area contributed by atoms with E-state index >= 15 is 0 Å². The fraction of sp³-hybridized carbons (Fsp3) is 0.250. The van der Waals surface area contributed by atoms with Gasteiger partial charge in [-0.15, -0.1) is 0 Å². The van der Waals surface area contributed by atoms with Crippen LogP contribution in [0.15, 0.2) is 46.9 Å². The minimum Gasteiger partial charge on any atom is -0.398 e. The smallest absolute Gasteiger partial charge is 0.0350 e. The van der Waals surface area contributed by atoms with Crippen LogP contribution in [0.1, 0.15) is 16.7 Å². The summed E-state index contributed by atoms with van der Waals surface area (Å²) in [4.78, 5) is 2.48. The van der Waals surface area contributed by atoms with Crippen LogP contribution in [0.3, 0.4) is 0 Å². The molecule has 0 aromatic heterocycles. The highest BCUT2D eigenvalue weighted by molar-refractivity contribution is 9.10. The summed E-state index contributed by atoms with van der Waals surface area (Å²) in [7, 11) is 0. The van der Waals surface area contributed by atoms with Gasteiger partial charge in [0.25, 0.3) is 0 Å². The molecule has 98 valence electrons. The Labute approximate surface area is 122 Å². The summed E-state index contributed by atoms with van der Waals surface area (Å²) < 4.78 is 1.13. The molecule has 0 radical (unpaired) electrons. The largest absolute Gasteiger partial charge is 0.398 e. The SMILES string of the molecule is Nc1cccc2c1CCN(Cc1ccc(Br)cc1)C2. The normalized spacial score (nSPS) is 15.2. The second kappa shape index (κ2) is 5.35. The number of nitrogens with two attached hydrogens (primary N) is 1. The van der Waals surface area contributed by atoms with E-state index in [4.69, 9.17) is 5.73 Å². The molecule has 1 aliphatic rings. The van der Waals surface area contributed by atoms with Gasteiger partial charge in [-0.3, -0.25) is 4.90 Å². The van der Waals surface area contributed by atoms with E-state index in [9.17, 15) is 0 Å². The van der Waals surface area contributed by atoms with Gasteiger partial charge in [0.15, 0.2) is 0 Å². The summed E-state index contributed by atoms with van der Waals surface area (Å²) in [6.45, 7) is 3.08. The van der Waals surface area contributed by atoms with E-state index in [0.717, 1.165) is 36.2 Å². The van der Waals surface area contributed by atoms with Crippen LogP contribution in [0.25, 0.3) is 0 Å². The van der Waals surface area contributed by atoms with Gasteiger partial charge >= 0.3 is 0 Å². The molecule has 0 aliphatic carbocycles. The molecule has 1 aliphatic heterocycles. The number of hydrogen-bond donors (Lipinski definition) is 1. The van der Waals surface area contributed by atoms with Gasteiger partial charge in [-0.1, -0.05) is 40.2 Å². The van der Waals surface area contributed by atoms with Gasteiger partial charge < -0.3 is 5.73 Å². The molecule has 2 aromatic carbocycles. The van der Waals surface area contributed by atoms with Crippen LogP contribution in [0.4, 0.5) is 5.69 Å². The molecule has 3 heteroatoms. The fourth-order valence-corrected chi connectivity index (χ4v) is 2.94. The molecule has 0 fully saturated rings. The van der Waals surface area contributed by atoms with Crippen LogP contribution in [-0.4, -0.2) is 11.4 Å². The average molecular weight is 317 g/mol. The summed E-state index contributed by atoms with van der Waals surface area (Å²) in [5.41, 5.74) is 11.1. The lowest BCUT2D eigenvalue weighted by atomic mass is 9.97. The molecule has 0 saturated carbocycles. The average Bonchev–Trinajstić information content (AvgIpc) is 2.42. The Morgan fingerprint density at radius 3 is 2.68 bits per heavy atom. The van der Waals surface area contributed by atoms with Crippen LogP contribution >= 0.6 is 15.9 Å². The van der Waals surface area contributed by atoms with E-state index in [-0.39, 0.29) is 0 Å². The van der Waals surface area contributed by atoms with Crippen molar-refractivity contribution < 1.29 is 0 Å². The van der Waals surface area contributed by atoms with Crippen molar-refractivity contribution in [2.45, 2.75) is 19.5 Å². The molecule has 0 amide bonds. The number of halogens is 1. The second-order valence-electron chi connectivity index (χ2n) is 5.07. The molecular weight excluding hydrogens is 300 g/mol. The van der Waals surface area contributed by atoms with Gasteiger partial charge in [-0.25, -0.2) is 0 Å². The van der Waals surface area contributed by atoms with Crippen LogP contribution < -0.4 is 5.73 Å². The number of fused-ring (bicyclic) bond motifs is 1. The Balaban J connectivity index is 1.74. The van der Waals surface area contributed by atoms with Crippen molar-refractivity contribution in [3.05, 3.63) is 63.6 Å². The predicted octanol–water partition coefficient (Wildman–Crippen LogP) is 3.59. The van der Waals surface area contributed by atoms with Gasteiger partial charge in [-0.2, -0.15) is 0 Å². The molecule has 2 N–H and O–H groups in total. The van der Waals surface area contributed by atoms with E-state index < -0.39 is 0 Å². The summed E-state index contributed by atoms with van der Waals surface area (Å²) in [5.74, 6) is 0. The first-order chi connectivity index (χ1) is 9.22. The van der Waals surface area contributed by atoms with Gasteiger partial charge in [0, 0.05) is 29.8 Å². The Hall–Kier alpha value is -1.32. The van der Waals surface area contributed by atoms with Crippen molar-refractivity contribution in [2.24, 2.45) is 0 Å². The van der Waals surface area contributed by atoms with Crippen molar-refractivity contribution in [2.75, 3.05) is 12.3 Å². The zero-order valence-electron chi connectivity index (χ0n) is 10.8. The van der Waals surface area contributed by atoms with Gasteiger partial charge in [0.05, 0.1) is 0 Å². The summed E-state index contributed by atoms with van der Waals surface area (Å²) in [5, 5.41) is 0. The molecular formula is C16H17BrN2. The third-order valence-electron chi connectivity index (χ3n) is 3.70. The molecule has 3 rings (SSSR count). The van der Waals surface area contributed by atoms with Crippen molar-refractivity contribution in [3.8, 4) is 0 Å². The van der Waals surface area contributed by atoms with E-state index in [1.54, 1.807) is 0 Å². The minimum absolute atomic E-state index is 0.945. The molecule has 0 saturated heterocycles. The second-order valence-corrected chi connectivity index (χ2v) is 5.99. The lowest BCUT2D eigenvalue weighted by Crippen LogP contribution is -2.30. The van der Waals surface area contributed by atoms with Crippen molar-refractivity contribution in [3.63, 3.8) is 0 Å². The maximum atomic E-state index is 6.03. The van der Waals surface area contributed by atoms with Crippen molar-refractivity contribution in [1.29, 1.82) is 0 Å². The number of benzene rings is 2. The number of hydrogen-bond acceptors (Lipinski definition) is 2. The number of anilines is 1. The molecule has 2 nitrogen and oxygen atoms in total. The zero-order valence-corrected chi connectivity index (χ0v) is 12.4. The van der Waals surface area contributed by atoms with Crippen LogP contribution in [0.2, 0.25) is 0 Å². The molecule has 0 bridgehead atoms. The maximum absolute atomic E-state index is 6.03. The lowest BCUT2D eigenvalue weighted by molar-refractivity contribution is 0.246. The van der Waals surface area contributed by atoms with Gasteiger partial charge in [0.1, 0.15) is 0 Å². The quantitative estimate of drug-likeness (QED) is 0.858. The minimum atomic E-state index is 0.945. The van der Waals surface area contributed by atoms with Crippen LogP contribution in [-0.2, 0) is 19.5 Å². The van der Waals surface area contributed by atoms with E-state index in [1.165, 1.54) is 16.7 Å². The standard InChI is InChI=1S/C16H17BrN2/c17-14-6-4-12(5-7-14)10-19-9-8-15-13(11-19)2-1-3-16(15)18/h1-7H,8-11,18H2. The van der Waals surface area contributed by atoms with Crippen LogP contribution in [0.5, 0.6) is 0 Å². The Kier molecular flexibility index (Phi) is 3.58. The van der Waals surface area contributed by atoms with Crippen LogP contribution in [0, 0.1) is 0 Å². The predicted molar refractivity (Wildman–Crippen MR) is 82.8 cm³/mol. The Morgan fingerprint density at radius 2 is 1.89 bits per heavy atom. The highest BCUT2D eigenvalue weighted by Gasteiger charge is 2.17. The van der Waals surface area contributed by atoms with Gasteiger partial charge in [0.2, 0.25) is 0 Å². The number of nitrogens with zero attached hydrogens (tertiary/aromatic N) is 1. The molecule has 1 heterocycles. The third-order valence-corrected chi connectivity index (χ3v) is 4.23. The number of nitrogen functional groups attached to an aromatic ring is 1. The van der Waals surface area contributed by atoms with Gasteiger partial charge in [-0.05, 0) is 41.3 Å². The molecule has 2 aromatic rings. The molecule has 19 heavy (non-hydrogen) atoms. The van der Waals surface area contributed by atoms with E-state index in [2.05, 4.69) is 57.2 Å². The highest BCUT2D eigenvalue weighted by Crippen LogP contribution is 2.25. The summed E-state index contributed by atoms with van der Waals surface area (Å²) >= 11 is 3.47. The first-order valence-corrected chi connectivity index (χ1v) is 7.35. The van der Waals surface area contributed by atoms with E-state index in [1.807, 2.05) is 6.07 Å². The fourth-order valence-electron chi connectivity index (χ4n) is 2.68. The highest BCUT2D eigenvalue weighted by atomic mass is 79.9. The summed E-state index contributed by atoms with van der Waals surface area (Å²) in [6, 6.07) is 14.8. The van der Waals surface area contributed by atoms with E-state index in [0.29, 0.717) is 0 Å². The zero-order chi connectivity index (χ0) is 13.2. The lowest BCUT2D eigenvalue weighted by Gasteiger charge is -2.29. The van der Waals surface area contributed by atoms with Crippen molar-refractivity contribution >= 4 is 21.6 Å². The monoisotopic (exact) mass is 316 g/mol. The Morgan fingerprint density at radius 1 is 1.11 bits per heavy atom. The number of rotatable bonds is 2. The summed E-state index contributed by atoms with van der Waals surface area (Å²) in [6.07, 6.45) is 1.05. The third kappa shape index (κ3) is 2.82. The molecule has 0 unspecified atom stereocenters. The topological polar surface area (TPSA) is 29.3 Å². The van der Waals surface area contributed by atoms with Crippen molar-refractivity contribution in [1.82, 2.24) is 4.90 Å². The maximum Gasteiger partial charge on any atom is 0.0350 e. The molecule has 0 atom stereocenters. The molecule has 0 spiro atoms.